The first-order valence-corrected chi connectivity index (χ1v) is 11.1. The van der Waals surface area contributed by atoms with Gasteiger partial charge < -0.3 is 14.8 Å². The topological polar surface area (TPSA) is 102 Å². The lowest BCUT2D eigenvalue weighted by molar-refractivity contribution is -0.150. The van der Waals surface area contributed by atoms with Gasteiger partial charge in [-0.2, -0.15) is 0 Å². The SMILES string of the molecule is CCOC(=O)C1CCN(S(C)(=O)=O)CC1.CCOC(=O)C1CCNCC1. The number of esters is 2. The second kappa shape index (κ2) is 11.5. The van der Waals surface area contributed by atoms with Crippen LogP contribution in [-0.4, -0.2) is 70.3 Å². The third-order valence-corrected chi connectivity index (χ3v) is 5.81. The van der Waals surface area contributed by atoms with E-state index in [9.17, 15) is 18.0 Å². The third kappa shape index (κ3) is 8.01. The highest BCUT2D eigenvalue weighted by Gasteiger charge is 2.29. The Kier molecular flexibility index (Phi) is 10.1. The molecule has 2 saturated heterocycles. The number of carbonyl (C=O) groups is 2. The number of piperidine rings is 2. The van der Waals surface area contributed by atoms with E-state index in [-0.39, 0.29) is 23.8 Å². The van der Waals surface area contributed by atoms with Crippen molar-refractivity contribution in [1.29, 1.82) is 0 Å². The highest BCUT2D eigenvalue weighted by molar-refractivity contribution is 7.88. The fraction of sp³-hybridized carbons (Fsp3) is 0.882. The molecule has 0 radical (unpaired) electrons. The van der Waals surface area contributed by atoms with Crippen molar-refractivity contribution in [1.82, 2.24) is 9.62 Å². The molecule has 152 valence electrons. The van der Waals surface area contributed by atoms with Gasteiger partial charge in [-0.25, -0.2) is 12.7 Å². The number of nitrogens with zero attached hydrogens (tertiary/aromatic N) is 1. The van der Waals surface area contributed by atoms with Gasteiger partial charge in [0.25, 0.3) is 0 Å². The summed E-state index contributed by atoms with van der Waals surface area (Å²) < 4.78 is 33.6. The molecule has 2 aliphatic rings. The molecular formula is C17H32N2O6S. The van der Waals surface area contributed by atoms with E-state index in [2.05, 4.69) is 5.32 Å². The van der Waals surface area contributed by atoms with Crippen LogP contribution in [0.4, 0.5) is 0 Å². The minimum Gasteiger partial charge on any atom is -0.466 e. The highest BCUT2D eigenvalue weighted by atomic mass is 32.2. The molecule has 0 aromatic heterocycles. The van der Waals surface area contributed by atoms with Crippen LogP contribution in [0.5, 0.6) is 0 Å². The third-order valence-electron chi connectivity index (χ3n) is 4.50. The summed E-state index contributed by atoms with van der Waals surface area (Å²) in [5.41, 5.74) is 0. The van der Waals surface area contributed by atoms with Gasteiger partial charge in [-0.1, -0.05) is 0 Å². The van der Waals surface area contributed by atoms with E-state index in [1.807, 2.05) is 6.92 Å². The average molecular weight is 393 g/mol. The predicted molar refractivity (Wildman–Crippen MR) is 98.0 cm³/mol. The zero-order chi connectivity index (χ0) is 19.6. The minimum atomic E-state index is -3.11. The Morgan fingerprint density at radius 2 is 1.35 bits per heavy atom. The Labute approximate surface area is 156 Å². The lowest BCUT2D eigenvalue weighted by Gasteiger charge is -2.28. The van der Waals surface area contributed by atoms with E-state index < -0.39 is 10.0 Å². The Morgan fingerprint density at radius 1 is 0.923 bits per heavy atom. The second-order valence-corrected chi connectivity index (χ2v) is 8.45. The number of sulfonamides is 1. The van der Waals surface area contributed by atoms with Crippen LogP contribution in [0.25, 0.3) is 0 Å². The summed E-state index contributed by atoms with van der Waals surface area (Å²) >= 11 is 0. The van der Waals surface area contributed by atoms with E-state index in [0.29, 0.717) is 39.1 Å². The Balaban J connectivity index is 0.000000273. The molecule has 2 fully saturated rings. The van der Waals surface area contributed by atoms with Gasteiger partial charge in [0.05, 0.1) is 31.3 Å². The van der Waals surface area contributed by atoms with Crippen LogP contribution >= 0.6 is 0 Å². The van der Waals surface area contributed by atoms with Crippen LogP contribution in [0.2, 0.25) is 0 Å². The lowest BCUT2D eigenvalue weighted by Crippen LogP contribution is -2.40. The summed E-state index contributed by atoms with van der Waals surface area (Å²) in [5.74, 6) is -0.209. The maximum Gasteiger partial charge on any atom is 0.309 e. The number of hydrogen-bond acceptors (Lipinski definition) is 7. The van der Waals surface area contributed by atoms with Crippen molar-refractivity contribution in [3.63, 3.8) is 0 Å². The standard InChI is InChI=1S/C9H17NO4S.C8H15NO2/c1-3-14-9(11)8-4-6-10(7-5-8)15(2,12)13;1-2-11-8(10)7-3-5-9-6-4-7/h8H,3-7H2,1-2H3;7,9H,2-6H2,1H3. The van der Waals surface area contributed by atoms with Gasteiger partial charge in [-0.05, 0) is 52.6 Å². The van der Waals surface area contributed by atoms with E-state index >= 15 is 0 Å². The van der Waals surface area contributed by atoms with Gasteiger partial charge in [0.1, 0.15) is 0 Å². The summed E-state index contributed by atoms with van der Waals surface area (Å²) in [6.45, 7) is 7.23. The second-order valence-electron chi connectivity index (χ2n) is 6.46. The largest absolute Gasteiger partial charge is 0.466 e. The van der Waals surface area contributed by atoms with Crippen LogP contribution in [0.15, 0.2) is 0 Å². The molecule has 0 aromatic rings. The normalized spacial score (nSPS) is 20.0. The molecule has 0 bridgehead atoms. The summed E-state index contributed by atoms with van der Waals surface area (Å²) in [7, 11) is -3.11. The maximum absolute atomic E-state index is 11.4. The van der Waals surface area contributed by atoms with E-state index in [4.69, 9.17) is 9.47 Å². The molecule has 0 aliphatic carbocycles. The summed E-state index contributed by atoms with van der Waals surface area (Å²) in [6, 6.07) is 0. The Hall–Kier alpha value is -1.19. The van der Waals surface area contributed by atoms with E-state index in [1.165, 1.54) is 10.6 Å². The molecule has 0 spiro atoms. The monoisotopic (exact) mass is 392 g/mol. The van der Waals surface area contributed by atoms with Gasteiger partial charge in [-0.15, -0.1) is 0 Å². The van der Waals surface area contributed by atoms with Gasteiger partial charge >= 0.3 is 11.9 Å². The highest BCUT2D eigenvalue weighted by Crippen LogP contribution is 2.20. The van der Waals surface area contributed by atoms with Crippen molar-refractivity contribution in [3.05, 3.63) is 0 Å². The van der Waals surface area contributed by atoms with Crippen molar-refractivity contribution >= 4 is 22.0 Å². The van der Waals surface area contributed by atoms with E-state index in [1.54, 1.807) is 6.92 Å². The Morgan fingerprint density at radius 3 is 1.73 bits per heavy atom. The number of ether oxygens (including phenoxy) is 2. The molecule has 0 unspecified atom stereocenters. The van der Waals surface area contributed by atoms with Gasteiger partial charge in [0.15, 0.2) is 0 Å². The number of nitrogens with one attached hydrogen (secondary N) is 1. The number of rotatable bonds is 5. The molecule has 0 atom stereocenters. The van der Waals surface area contributed by atoms with Crippen LogP contribution in [0.1, 0.15) is 39.5 Å². The zero-order valence-electron chi connectivity index (χ0n) is 16.0. The molecule has 2 aliphatic heterocycles. The molecule has 9 heteroatoms. The summed E-state index contributed by atoms with van der Waals surface area (Å²) in [5, 5.41) is 3.20. The van der Waals surface area contributed by atoms with Crippen LogP contribution < -0.4 is 5.32 Å². The lowest BCUT2D eigenvalue weighted by atomic mass is 9.98. The fourth-order valence-corrected chi connectivity index (χ4v) is 3.88. The summed E-state index contributed by atoms with van der Waals surface area (Å²) in [6.07, 6.45) is 4.17. The molecule has 26 heavy (non-hydrogen) atoms. The van der Waals surface area contributed by atoms with E-state index in [0.717, 1.165) is 25.9 Å². The van der Waals surface area contributed by atoms with Crippen LogP contribution in [0, 0.1) is 11.8 Å². The van der Waals surface area contributed by atoms with Crippen molar-refractivity contribution in [2.45, 2.75) is 39.5 Å². The predicted octanol–water partition coefficient (Wildman–Crippen LogP) is 0.770. The Bertz CT molecular complexity index is 537. The summed E-state index contributed by atoms with van der Waals surface area (Å²) in [4.78, 5) is 22.5. The van der Waals surface area contributed by atoms with Gasteiger partial charge in [0, 0.05) is 13.1 Å². The quantitative estimate of drug-likeness (QED) is 0.690. The van der Waals surface area contributed by atoms with Crippen molar-refractivity contribution in [2.24, 2.45) is 11.8 Å². The zero-order valence-corrected chi connectivity index (χ0v) is 16.8. The number of carbonyl (C=O) groups excluding carboxylic acids is 2. The molecule has 0 amide bonds. The minimum absolute atomic E-state index is 0.0194. The molecular weight excluding hydrogens is 360 g/mol. The molecule has 8 nitrogen and oxygen atoms in total. The van der Waals surface area contributed by atoms with Gasteiger partial charge in [0.2, 0.25) is 10.0 Å². The number of hydrogen-bond donors (Lipinski definition) is 1. The first-order chi connectivity index (χ1) is 12.3. The average Bonchev–Trinajstić information content (AvgIpc) is 2.63. The molecule has 2 rings (SSSR count). The first-order valence-electron chi connectivity index (χ1n) is 9.28. The molecule has 2 heterocycles. The first kappa shape index (κ1) is 22.9. The van der Waals surface area contributed by atoms with Crippen molar-refractivity contribution in [3.8, 4) is 0 Å². The molecule has 0 saturated carbocycles. The smallest absolute Gasteiger partial charge is 0.309 e. The van der Waals surface area contributed by atoms with Crippen LogP contribution in [-0.2, 0) is 29.1 Å². The van der Waals surface area contributed by atoms with Crippen molar-refractivity contribution < 1.29 is 27.5 Å². The molecule has 1 N–H and O–H groups in total. The van der Waals surface area contributed by atoms with Gasteiger partial charge in [-0.3, -0.25) is 9.59 Å². The van der Waals surface area contributed by atoms with Crippen LogP contribution in [0.3, 0.4) is 0 Å². The van der Waals surface area contributed by atoms with Crippen molar-refractivity contribution in [2.75, 3.05) is 45.6 Å². The fourth-order valence-electron chi connectivity index (χ4n) is 3.00. The molecule has 0 aromatic carbocycles. The maximum atomic E-state index is 11.4.